The molecule has 2 heterocycles. The second-order valence-corrected chi connectivity index (χ2v) is 11.0. The monoisotopic (exact) mass is 620 g/mol. The Labute approximate surface area is 255 Å². The van der Waals surface area contributed by atoms with Crippen LogP contribution in [0, 0.1) is 20.8 Å². The van der Waals surface area contributed by atoms with Crippen molar-refractivity contribution in [1.82, 2.24) is 20.1 Å². The van der Waals surface area contributed by atoms with Gasteiger partial charge in [-0.05, 0) is 74.2 Å². The van der Waals surface area contributed by atoms with Crippen LogP contribution in [0.2, 0.25) is 0 Å². The van der Waals surface area contributed by atoms with E-state index < -0.39 is 12.4 Å². The lowest BCUT2D eigenvalue weighted by atomic mass is 10.0. The number of aromatic nitrogens is 3. The Morgan fingerprint density at radius 3 is 2.34 bits per heavy atom. The van der Waals surface area contributed by atoms with Gasteiger partial charge in [0.2, 0.25) is 5.91 Å². The van der Waals surface area contributed by atoms with Crippen LogP contribution in [0.1, 0.15) is 29.2 Å². The molecule has 1 aliphatic heterocycles. The molecule has 9 nitrogen and oxygen atoms in total. The second-order valence-electron chi connectivity index (χ2n) is 10.1. The van der Waals surface area contributed by atoms with Gasteiger partial charge in [-0.15, -0.1) is 18.3 Å². The quantitative estimate of drug-likeness (QED) is 0.250. The van der Waals surface area contributed by atoms with Crippen molar-refractivity contribution in [3.63, 3.8) is 0 Å². The zero-order valence-electron chi connectivity index (χ0n) is 24.1. The molecule has 0 spiro atoms. The number of nitrogens with one attached hydrogen (secondary N) is 1. The Bertz CT molecular complexity index is 1760. The van der Waals surface area contributed by atoms with Crippen molar-refractivity contribution in [2.75, 3.05) is 10.7 Å². The molecule has 1 N–H and O–H groups in total. The summed E-state index contributed by atoms with van der Waals surface area (Å²) < 4.78 is 42.6. The van der Waals surface area contributed by atoms with Gasteiger partial charge in [0.25, 0.3) is 0 Å². The van der Waals surface area contributed by atoms with Gasteiger partial charge in [0.05, 0.1) is 17.1 Å². The number of alkyl halides is 3. The molecule has 0 aliphatic carbocycles. The van der Waals surface area contributed by atoms with E-state index in [9.17, 15) is 22.8 Å². The fourth-order valence-corrected chi connectivity index (χ4v) is 5.62. The first kappa shape index (κ1) is 30.5. The SMILES string of the molecule is C/C(=C\NC(=O)N=C1SCC(=O)N1c1c(C)cc(C)cc1C)c1ccc(-c2ncn(-c3ccc(OC(F)(F)F)cc3)n2)cc1. The van der Waals surface area contributed by atoms with Gasteiger partial charge in [-0.3, -0.25) is 9.69 Å². The van der Waals surface area contributed by atoms with E-state index in [2.05, 4.69) is 25.1 Å². The Balaban J connectivity index is 1.24. The molecule has 1 aromatic heterocycles. The highest BCUT2D eigenvalue weighted by Gasteiger charge is 2.33. The van der Waals surface area contributed by atoms with Crippen LogP contribution in [-0.2, 0) is 4.79 Å². The minimum atomic E-state index is -4.76. The number of carbonyl (C=O) groups is 2. The van der Waals surface area contributed by atoms with Crippen LogP contribution in [0.4, 0.5) is 23.7 Å². The Morgan fingerprint density at radius 1 is 1.05 bits per heavy atom. The number of hydrogen-bond acceptors (Lipinski definition) is 6. The van der Waals surface area contributed by atoms with Crippen molar-refractivity contribution < 1.29 is 27.5 Å². The molecule has 1 fully saturated rings. The van der Waals surface area contributed by atoms with Crippen molar-refractivity contribution in [1.29, 1.82) is 0 Å². The van der Waals surface area contributed by atoms with Gasteiger partial charge in [-0.25, -0.2) is 14.5 Å². The highest BCUT2D eigenvalue weighted by molar-refractivity contribution is 8.15. The number of anilines is 1. The van der Waals surface area contributed by atoms with E-state index in [1.54, 1.807) is 6.20 Å². The third kappa shape index (κ3) is 7.00. The summed E-state index contributed by atoms with van der Waals surface area (Å²) >= 11 is 1.22. The second kappa shape index (κ2) is 12.4. The molecule has 3 aromatic carbocycles. The molecule has 1 aliphatic rings. The summed E-state index contributed by atoms with van der Waals surface area (Å²) in [5, 5.41) is 7.42. The molecule has 0 bridgehead atoms. The number of aliphatic imine (C=N–C) groups is 1. The van der Waals surface area contributed by atoms with Crippen LogP contribution in [-0.4, -0.2) is 44.0 Å². The van der Waals surface area contributed by atoms with Crippen molar-refractivity contribution in [2.24, 2.45) is 4.99 Å². The lowest BCUT2D eigenvalue weighted by molar-refractivity contribution is -0.274. The minimum Gasteiger partial charge on any atom is -0.406 e. The molecule has 3 amide bonds. The predicted molar refractivity (Wildman–Crippen MR) is 164 cm³/mol. The Hall–Kier alpha value is -4.91. The summed E-state index contributed by atoms with van der Waals surface area (Å²) in [5.74, 6) is 0.170. The van der Waals surface area contributed by atoms with E-state index in [4.69, 9.17) is 0 Å². The van der Waals surface area contributed by atoms with Crippen molar-refractivity contribution in [2.45, 2.75) is 34.1 Å². The van der Waals surface area contributed by atoms with Crippen LogP contribution in [0.15, 0.2) is 78.2 Å². The number of benzene rings is 3. The number of aryl methyl sites for hydroxylation is 3. The summed E-state index contributed by atoms with van der Waals surface area (Å²) in [7, 11) is 0. The number of carbonyl (C=O) groups excluding carboxylic acids is 2. The normalized spacial score (nSPS) is 14.8. The van der Waals surface area contributed by atoms with E-state index >= 15 is 0 Å². The summed E-state index contributed by atoms with van der Waals surface area (Å²) in [4.78, 5) is 35.4. The molecule has 5 rings (SSSR count). The first-order valence-electron chi connectivity index (χ1n) is 13.4. The first-order chi connectivity index (χ1) is 20.9. The standard InChI is InChI=1S/C31H27F3N6O3S/c1-18-13-19(2)27(20(3)14-18)40-26(41)16-44-30(40)37-29(42)35-15-21(4)22-5-7-23(8-6-22)28-36-17-39(38-28)24-9-11-25(12-10-24)43-31(32,33)34/h5-15,17H,16H2,1-4H3,(H,35,42)/b21-15+,37-30?. The van der Waals surface area contributed by atoms with E-state index in [0.717, 1.165) is 39.1 Å². The lowest BCUT2D eigenvalue weighted by Gasteiger charge is -2.21. The molecular formula is C31H27F3N6O3S. The summed E-state index contributed by atoms with van der Waals surface area (Å²) in [6.45, 7) is 7.69. The minimum absolute atomic E-state index is 0.129. The van der Waals surface area contributed by atoms with Crippen molar-refractivity contribution >= 4 is 40.1 Å². The van der Waals surface area contributed by atoms with Crippen LogP contribution >= 0.6 is 11.8 Å². The van der Waals surface area contributed by atoms with Crippen LogP contribution < -0.4 is 15.0 Å². The van der Waals surface area contributed by atoms with Crippen molar-refractivity contribution in [3.05, 3.63) is 95.4 Å². The largest absolute Gasteiger partial charge is 0.573 e. The van der Waals surface area contributed by atoms with Gasteiger partial charge in [0.1, 0.15) is 12.1 Å². The summed E-state index contributed by atoms with van der Waals surface area (Å²) in [6, 6.07) is 16.0. The van der Waals surface area contributed by atoms with Gasteiger partial charge in [-0.1, -0.05) is 53.7 Å². The number of allylic oxidation sites excluding steroid dienone is 1. The van der Waals surface area contributed by atoms with Gasteiger partial charge in [0.15, 0.2) is 11.0 Å². The third-order valence-corrected chi connectivity index (χ3v) is 7.58. The number of amides is 3. The number of thioether (sulfide) groups is 1. The number of halogens is 3. The van der Waals surface area contributed by atoms with Gasteiger partial charge >= 0.3 is 12.4 Å². The number of ether oxygens (including phenoxy) is 1. The fourth-order valence-electron chi connectivity index (χ4n) is 4.76. The topological polar surface area (TPSA) is 102 Å². The van der Waals surface area contributed by atoms with Crippen LogP contribution in [0.3, 0.4) is 0 Å². The zero-order valence-corrected chi connectivity index (χ0v) is 25.0. The Kier molecular flexibility index (Phi) is 8.59. The molecule has 44 heavy (non-hydrogen) atoms. The number of rotatable bonds is 6. The smallest absolute Gasteiger partial charge is 0.406 e. The highest BCUT2D eigenvalue weighted by atomic mass is 32.2. The summed E-state index contributed by atoms with van der Waals surface area (Å²) in [5.41, 5.74) is 6.53. The number of hydrogen-bond donors (Lipinski definition) is 1. The molecule has 4 aromatic rings. The zero-order chi connectivity index (χ0) is 31.6. The average Bonchev–Trinajstić information content (AvgIpc) is 3.59. The van der Waals surface area contributed by atoms with Gasteiger partial charge < -0.3 is 10.1 Å². The molecule has 226 valence electrons. The number of nitrogens with zero attached hydrogens (tertiary/aromatic N) is 5. The predicted octanol–water partition coefficient (Wildman–Crippen LogP) is 6.96. The summed E-state index contributed by atoms with van der Waals surface area (Å²) in [6.07, 6.45) is -1.75. The third-order valence-electron chi connectivity index (χ3n) is 6.66. The maximum atomic E-state index is 12.7. The maximum Gasteiger partial charge on any atom is 0.573 e. The van der Waals surface area contributed by atoms with E-state index in [1.807, 2.05) is 64.1 Å². The molecule has 1 saturated heterocycles. The fraction of sp³-hybridized carbons (Fsp3) is 0.194. The maximum absolute atomic E-state index is 12.7. The van der Waals surface area contributed by atoms with Crippen LogP contribution in [0.25, 0.3) is 22.6 Å². The molecule has 0 radical (unpaired) electrons. The van der Waals surface area contributed by atoms with E-state index in [1.165, 1.54) is 51.9 Å². The average molecular weight is 621 g/mol. The molecule has 0 atom stereocenters. The van der Waals surface area contributed by atoms with Crippen molar-refractivity contribution in [3.8, 4) is 22.8 Å². The lowest BCUT2D eigenvalue weighted by Crippen LogP contribution is -2.32. The number of amidine groups is 1. The first-order valence-corrected chi connectivity index (χ1v) is 14.3. The Morgan fingerprint density at radius 2 is 1.70 bits per heavy atom. The van der Waals surface area contributed by atoms with E-state index in [-0.39, 0.29) is 17.4 Å². The highest BCUT2D eigenvalue weighted by Crippen LogP contribution is 2.33. The van der Waals surface area contributed by atoms with E-state index in [0.29, 0.717) is 16.7 Å². The molecule has 0 saturated carbocycles. The molecule has 13 heteroatoms. The molecule has 0 unspecified atom stereocenters. The van der Waals surface area contributed by atoms with Gasteiger partial charge in [-0.2, -0.15) is 4.99 Å². The van der Waals surface area contributed by atoms with Crippen LogP contribution in [0.5, 0.6) is 5.75 Å². The number of urea groups is 1. The molecular weight excluding hydrogens is 593 g/mol. The van der Waals surface area contributed by atoms with Gasteiger partial charge in [0, 0.05) is 11.8 Å².